The van der Waals surface area contributed by atoms with Gasteiger partial charge in [-0.25, -0.2) is 21.9 Å². The molecule has 4 rings (SSSR count). The van der Waals surface area contributed by atoms with Crippen LogP contribution in [-0.4, -0.2) is 47.2 Å². The van der Waals surface area contributed by atoms with Gasteiger partial charge in [0.15, 0.2) is 5.15 Å². The summed E-state index contributed by atoms with van der Waals surface area (Å²) in [6.07, 6.45) is -5.05. The molecule has 2 heterocycles. The van der Waals surface area contributed by atoms with Crippen LogP contribution in [0.15, 0.2) is 59.6 Å². The van der Waals surface area contributed by atoms with Crippen LogP contribution in [0.25, 0.3) is 5.69 Å². The van der Waals surface area contributed by atoms with Gasteiger partial charge in [0.1, 0.15) is 18.0 Å². The fraction of sp³-hybridized carbons (Fsp3) is 0.273. The number of aromatic nitrogens is 2. The van der Waals surface area contributed by atoms with Crippen LogP contribution in [-0.2, 0) is 27.5 Å². The average Bonchev–Trinajstić information content (AvgIpc) is 3.40. The van der Waals surface area contributed by atoms with Crippen molar-refractivity contribution in [2.24, 2.45) is 0 Å². The van der Waals surface area contributed by atoms with E-state index in [0.29, 0.717) is 5.56 Å². The van der Waals surface area contributed by atoms with Gasteiger partial charge in [0.05, 0.1) is 16.1 Å². The molecule has 0 aliphatic carbocycles. The highest BCUT2D eigenvalue weighted by Gasteiger charge is 2.44. The van der Waals surface area contributed by atoms with Gasteiger partial charge in [-0.2, -0.15) is 22.6 Å². The van der Waals surface area contributed by atoms with E-state index >= 15 is 0 Å². The molecule has 2 unspecified atom stereocenters. The second-order valence-corrected chi connectivity index (χ2v) is 10.3. The topological polar surface area (TPSA) is 84.3 Å². The van der Waals surface area contributed by atoms with Crippen LogP contribution in [0.5, 0.6) is 0 Å². The minimum atomic E-state index is -4.49. The fourth-order valence-corrected chi connectivity index (χ4v) is 5.57. The number of carbonyl (C=O) groups excluding carboxylic acids is 1. The first-order valence-corrected chi connectivity index (χ1v) is 12.3. The summed E-state index contributed by atoms with van der Waals surface area (Å²) in [5, 5.41) is 6.47. The first-order chi connectivity index (χ1) is 16.9. The second-order valence-electron chi connectivity index (χ2n) is 8.03. The normalized spacial score (nSPS) is 18.9. The zero-order valence-corrected chi connectivity index (χ0v) is 19.8. The Morgan fingerprint density at radius 2 is 1.75 bits per heavy atom. The number of hydrogen-bond acceptors (Lipinski definition) is 4. The predicted octanol–water partition coefficient (Wildman–Crippen LogP) is 4.10. The maximum Gasteiger partial charge on any atom is 0.416 e. The van der Waals surface area contributed by atoms with Crippen molar-refractivity contribution in [3.8, 4) is 5.69 Å². The van der Waals surface area contributed by atoms with Gasteiger partial charge in [0.25, 0.3) is 0 Å². The Hall–Kier alpha value is -3.03. The van der Waals surface area contributed by atoms with E-state index < -0.39 is 52.2 Å². The van der Waals surface area contributed by atoms with Gasteiger partial charge in [-0.15, -0.1) is 0 Å². The van der Waals surface area contributed by atoms with Crippen molar-refractivity contribution in [3.05, 3.63) is 76.8 Å². The van der Waals surface area contributed by atoms with Crippen molar-refractivity contribution in [3.63, 3.8) is 0 Å². The maximum absolute atomic E-state index is 14.2. The summed E-state index contributed by atoms with van der Waals surface area (Å²) in [7, 11) is -4.28. The summed E-state index contributed by atoms with van der Waals surface area (Å²) in [4.78, 5) is 12.5. The highest BCUT2D eigenvalue weighted by Crippen LogP contribution is 2.30. The lowest BCUT2D eigenvalue weighted by Gasteiger charge is -2.23. The Kier molecular flexibility index (Phi) is 7.08. The van der Waals surface area contributed by atoms with Crippen LogP contribution in [0, 0.1) is 5.82 Å². The van der Waals surface area contributed by atoms with Crippen LogP contribution in [0.1, 0.15) is 17.5 Å². The number of nitrogens with zero attached hydrogens (tertiary/aromatic N) is 3. The summed E-state index contributed by atoms with van der Waals surface area (Å²) in [5.74, 6) is -1.43. The number of nitrogens with one attached hydrogen (secondary N) is 1. The standard InChI is InChI=1S/C22H18ClF5N4O3S/c23-20-13(11-31(30-20)17-5-1-14(2-6-17)22(26,27)28)10-29-21(33)19-9-16(25)12-32(19)36(34,35)18-7-3-15(24)4-8-18/h1-8,11,16,19H,9-10,12H2,(H,29,33). The van der Waals surface area contributed by atoms with Crippen LogP contribution in [0.2, 0.25) is 5.15 Å². The number of halogens is 6. The molecule has 1 fully saturated rings. The van der Waals surface area contributed by atoms with E-state index in [-0.39, 0.29) is 28.7 Å². The van der Waals surface area contributed by atoms with Crippen LogP contribution in [0.4, 0.5) is 22.0 Å². The molecule has 0 radical (unpaired) electrons. The molecule has 1 aliphatic rings. The third-order valence-electron chi connectivity index (χ3n) is 5.58. The van der Waals surface area contributed by atoms with Gasteiger partial charge in [0, 0.05) is 31.3 Å². The molecule has 1 aromatic heterocycles. The molecule has 0 spiro atoms. The molecule has 2 atom stereocenters. The Morgan fingerprint density at radius 1 is 1.11 bits per heavy atom. The van der Waals surface area contributed by atoms with Crippen molar-refractivity contribution in [1.82, 2.24) is 19.4 Å². The molecule has 0 bridgehead atoms. The Labute approximate surface area is 207 Å². The number of sulfonamides is 1. The highest BCUT2D eigenvalue weighted by molar-refractivity contribution is 7.89. The minimum absolute atomic E-state index is 0.0409. The summed E-state index contributed by atoms with van der Waals surface area (Å²) in [5.41, 5.74) is -0.248. The molecule has 36 heavy (non-hydrogen) atoms. The lowest BCUT2D eigenvalue weighted by Crippen LogP contribution is -2.45. The Morgan fingerprint density at radius 3 is 2.36 bits per heavy atom. The number of benzene rings is 2. The molecule has 14 heteroatoms. The zero-order valence-electron chi connectivity index (χ0n) is 18.2. The van der Waals surface area contributed by atoms with Crippen molar-refractivity contribution >= 4 is 27.5 Å². The number of rotatable bonds is 6. The number of carbonyl (C=O) groups is 1. The van der Waals surface area contributed by atoms with Gasteiger partial charge >= 0.3 is 6.18 Å². The number of amides is 1. The van der Waals surface area contributed by atoms with Gasteiger partial charge in [0.2, 0.25) is 15.9 Å². The number of alkyl halides is 4. The largest absolute Gasteiger partial charge is 0.416 e. The summed E-state index contributed by atoms with van der Waals surface area (Å²) < 4.78 is 93.5. The summed E-state index contributed by atoms with van der Waals surface area (Å²) >= 11 is 6.10. The van der Waals surface area contributed by atoms with Gasteiger partial charge < -0.3 is 5.32 Å². The van der Waals surface area contributed by atoms with Crippen LogP contribution >= 0.6 is 11.6 Å². The molecule has 3 aromatic rings. The Balaban J connectivity index is 1.47. The molecule has 1 saturated heterocycles. The summed E-state index contributed by atoms with van der Waals surface area (Å²) in [6.45, 7) is -0.736. The lowest BCUT2D eigenvalue weighted by atomic mass is 10.2. The molecule has 1 amide bonds. The van der Waals surface area contributed by atoms with E-state index in [2.05, 4.69) is 10.4 Å². The maximum atomic E-state index is 14.2. The van der Waals surface area contributed by atoms with Gasteiger partial charge in [-0.3, -0.25) is 4.79 Å². The molecular formula is C22H18ClF5N4O3S. The quantitative estimate of drug-likeness (QED) is 0.470. The monoisotopic (exact) mass is 548 g/mol. The van der Waals surface area contributed by atoms with Crippen LogP contribution < -0.4 is 5.32 Å². The van der Waals surface area contributed by atoms with E-state index in [1.807, 2.05) is 0 Å². The van der Waals surface area contributed by atoms with Crippen molar-refractivity contribution in [2.75, 3.05) is 6.54 Å². The SMILES string of the molecule is O=C(NCc1cn(-c2ccc(C(F)(F)F)cc2)nc1Cl)C1CC(F)CN1S(=O)(=O)c1ccc(F)cc1. The van der Waals surface area contributed by atoms with E-state index in [4.69, 9.17) is 11.6 Å². The molecule has 1 N–H and O–H groups in total. The van der Waals surface area contributed by atoms with Crippen molar-refractivity contribution in [2.45, 2.75) is 36.3 Å². The van der Waals surface area contributed by atoms with Gasteiger partial charge in [-0.1, -0.05) is 11.6 Å². The van der Waals surface area contributed by atoms with E-state index in [1.165, 1.54) is 23.0 Å². The summed E-state index contributed by atoms with van der Waals surface area (Å²) in [6, 6.07) is 6.77. The molecule has 2 aromatic carbocycles. The molecule has 1 aliphatic heterocycles. The first-order valence-electron chi connectivity index (χ1n) is 10.5. The fourth-order valence-electron chi connectivity index (χ4n) is 3.74. The smallest absolute Gasteiger partial charge is 0.350 e. The molecular weight excluding hydrogens is 531 g/mol. The number of hydrogen-bond donors (Lipinski definition) is 1. The third kappa shape index (κ3) is 5.37. The van der Waals surface area contributed by atoms with E-state index in [0.717, 1.165) is 40.7 Å². The molecule has 192 valence electrons. The first kappa shape index (κ1) is 26.0. The van der Waals surface area contributed by atoms with E-state index in [9.17, 15) is 35.2 Å². The van der Waals surface area contributed by atoms with E-state index in [1.54, 1.807) is 0 Å². The molecule has 0 saturated carbocycles. The average molecular weight is 549 g/mol. The third-order valence-corrected chi connectivity index (χ3v) is 7.79. The minimum Gasteiger partial charge on any atom is -0.350 e. The van der Waals surface area contributed by atoms with Crippen molar-refractivity contribution < 1.29 is 35.2 Å². The zero-order chi connectivity index (χ0) is 26.3. The highest BCUT2D eigenvalue weighted by atomic mass is 35.5. The van der Waals surface area contributed by atoms with Gasteiger partial charge in [-0.05, 0) is 48.5 Å². The van der Waals surface area contributed by atoms with Crippen LogP contribution in [0.3, 0.4) is 0 Å². The second kappa shape index (κ2) is 9.79. The van der Waals surface area contributed by atoms with Crippen molar-refractivity contribution in [1.29, 1.82) is 0 Å². The predicted molar refractivity (Wildman–Crippen MR) is 119 cm³/mol. The Bertz CT molecular complexity index is 1360. The lowest BCUT2D eigenvalue weighted by molar-refractivity contribution is -0.137. The molecule has 7 nitrogen and oxygen atoms in total.